The molecule has 1 aromatic carbocycles. The summed E-state index contributed by atoms with van der Waals surface area (Å²) in [4.78, 5) is 11.6. The van der Waals surface area contributed by atoms with Gasteiger partial charge in [0.15, 0.2) is 0 Å². The Balaban J connectivity index is 2.94. The van der Waals surface area contributed by atoms with Crippen LogP contribution in [0, 0.1) is 5.82 Å². The topological polar surface area (TPSA) is 66.8 Å². The van der Waals surface area contributed by atoms with Crippen LogP contribution in [0.4, 0.5) is 4.39 Å². The van der Waals surface area contributed by atoms with Gasteiger partial charge in [-0.05, 0) is 32.9 Å². The maximum absolute atomic E-state index is 13.4. The first-order valence-electron chi connectivity index (χ1n) is 5.09. The van der Waals surface area contributed by atoms with E-state index in [0.717, 1.165) is 12.1 Å². The van der Waals surface area contributed by atoms with E-state index in [9.17, 15) is 9.18 Å². The molecule has 0 aromatic heterocycles. The van der Waals surface area contributed by atoms with Crippen molar-refractivity contribution in [1.29, 1.82) is 0 Å². The lowest BCUT2D eigenvalue weighted by atomic mass is 9.79. The highest BCUT2D eigenvalue weighted by Gasteiger charge is 2.21. The highest BCUT2D eigenvalue weighted by Crippen LogP contribution is 2.12. The van der Waals surface area contributed by atoms with E-state index < -0.39 is 24.5 Å². The van der Waals surface area contributed by atoms with Crippen molar-refractivity contribution in [3.8, 4) is 0 Å². The van der Waals surface area contributed by atoms with Crippen molar-refractivity contribution in [1.82, 2.24) is 0 Å². The van der Waals surface area contributed by atoms with Gasteiger partial charge in [0.2, 0.25) is 0 Å². The minimum absolute atomic E-state index is 0.0295. The van der Waals surface area contributed by atoms with E-state index in [1.54, 1.807) is 20.8 Å². The zero-order chi connectivity index (χ0) is 13.2. The van der Waals surface area contributed by atoms with Crippen LogP contribution in [-0.2, 0) is 4.74 Å². The van der Waals surface area contributed by atoms with Crippen molar-refractivity contribution in [3.05, 3.63) is 29.6 Å². The van der Waals surface area contributed by atoms with E-state index in [4.69, 9.17) is 14.8 Å². The minimum Gasteiger partial charge on any atom is -0.456 e. The third-order valence-electron chi connectivity index (χ3n) is 1.91. The van der Waals surface area contributed by atoms with Crippen molar-refractivity contribution in [3.63, 3.8) is 0 Å². The summed E-state index contributed by atoms with van der Waals surface area (Å²) >= 11 is 0. The Morgan fingerprint density at radius 2 is 1.94 bits per heavy atom. The smallest absolute Gasteiger partial charge is 0.456 e. The molecule has 0 bridgehead atoms. The predicted octanol–water partition coefficient (Wildman–Crippen LogP) is 0.461. The summed E-state index contributed by atoms with van der Waals surface area (Å²) in [6.07, 6.45) is 0. The first-order valence-corrected chi connectivity index (χ1v) is 5.09. The standard InChI is InChI=1S/C11H14BFO4/c1-11(2,3)17-10(14)7-4-5-8(12(15)16)9(13)6-7/h4-6,15-16H,1-3H3. The molecule has 6 heteroatoms. The summed E-state index contributed by atoms with van der Waals surface area (Å²) in [5.74, 6) is -1.52. The molecular formula is C11H14BFO4. The fourth-order valence-electron chi connectivity index (χ4n) is 1.20. The molecule has 92 valence electrons. The van der Waals surface area contributed by atoms with Crippen LogP contribution in [-0.4, -0.2) is 28.7 Å². The molecule has 0 aliphatic heterocycles. The van der Waals surface area contributed by atoms with Crippen molar-refractivity contribution >= 4 is 18.6 Å². The fraction of sp³-hybridized carbons (Fsp3) is 0.364. The molecule has 0 spiro atoms. The Morgan fingerprint density at radius 1 is 1.35 bits per heavy atom. The number of esters is 1. The normalized spacial score (nSPS) is 11.2. The summed E-state index contributed by atoms with van der Waals surface area (Å²) < 4.78 is 18.4. The van der Waals surface area contributed by atoms with Crippen LogP contribution in [0.15, 0.2) is 18.2 Å². The lowest BCUT2D eigenvalue weighted by molar-refractivity contribution is 0.00690. The number of hydrogen-bond acceptors (Lipinski definition) is 4. The molecule has 0 unspecified atom stereocenters. The van der Waals surface area contributed by atoms with Gasteiger partial charge < -0.3 is 14.8 Å². The average Bonchev–Trinajstić information content (AvgIpc) is 2.14. The molecule has 0 aliphatic carbocycles. The molecule has 17 heavy (non-hydrogen) atoms. The molecule has 0 heterocycles. The van der Waals surface area contributed by atoms with Gasteiger partial charge in [-0.2, -0.15) is 0 Å². The molecule has 4 nitrogen and oxygen atoms in total. The SMILES string of the molecule is CC(C)(C)OC(=O)c1ccc(B(O)O)c(F)c1. The van der Waals surface area contributed by atoms with Gasteiger partial charge in [-0.3, -0.25) is 0 Å². The molecule has 1 aromatic rings. The first kappa shape index (κ1) is 13.7. The van der Waals surface area contributed by atoms with Crippen molar-refractivity contribution in [2.24, 2.45) is 0 Å². The number of carbonyl (C=O) groups is 1. The Labute approximate surface area is 99.2 Å². The second kappa shape index (κ2) is 4.85. The van der Waals surface area contributed by atoms with Crippen molar-refractivity contribution < 1.29 is 24.0 Å². The van der Waals surface area contributed by atoms with Gasteiger partial charge in [0.25, 0.3) is 0 Å². The zero-order valence-electron chi connectivity index (χ0n) is 9.90. The van der Waals surface area contributed by atoms with Crippen LogP contribution >= 0.6 is 0 Å². The minimum atomic E-state index is -1.90. The van der Waals surface area contributed by atoms with E-state index in [1.807, 2.05) is 0 Å². The molecule has 0 radical (unpaired) electrons. The predicted molar refractivity (Wildman–Crippen MR) is 61.4 cm³/mol. The molecule has 1 rings (SSSR count). The number of rotatable bonds is 2. The van der Waals surface area contributed by atoms with Gasteiger partial charge in [-0.25, -0.2) is 9.18 Å². The maximum atomic E-state index is 13.4. The van der Waals surface area contributed by atoms with Gasteiger partial charge in [0.05, 0.1) is 5.56 Å². The highest BCUT2D eigenvalue weighted by atomic mass is 19.1. The summed E-state index contributed by atoms with van der Waals surface area (Å²) in [5, 5.41) is 17.6. The van der Waals surface area contributed by atoms with E-state index >= 15 is 0 Å². The fourth-order valence-corrected chi connectivity index (χ4v) is 1.20. The second-order valence-electron chi connectivity index (χ2n) is 4.61. The summed E-state index contributed by atoms with van der Waals surface area (Å²) in [7, 11) is -1.90. The lowest BCUT2D eigenvalue weighted by Gasteiger charge is -2.19. The first-order chi connectivity index (χ1) is 7.70. The number of halogens is 1. The van der Waals surface area contributed by atoms with Gasteiger partial charge in [-0.15, -0.1) is 0 Å². The van der Waals surface area contributed by atoms with Crippen molar-refractivity contribution in [2.45, 2.75) is 26.4 Å². The summed E-state index contributed by atoms with van der Waals surface area (Å²) in [6, 6.07) is 3.34. The van der Waals surface area contributed by atoms with Gasteiger partial charge in [0, 0.05) is 5.46 Å². The Hall–Kier alpha value is -1.40. The third-order valence-corrected chi connectivity index (χ3v) is 1.91. The molecule has 0 aliphatic rings. The zero-order valence-corrected chi connectivity index (χ0v) is 9.90. The number of benzene rings is 1. The number of ether oxygens (including phenoxy) is 1. The van der Waals surface area contributed by atoms with Crippen LogP contribution in [0.1, 0.15) is 31.1 Å². The van der Waals surface area contributed by atoms with Gasteiger partial charge >= 0.3 is 13.1 Å². The second-order valence-corrected chi connectivity index (χ2v) is 4.61. The molecular weight excluding hydrogens is 226 g/mol. The largest absolute Gasteiger partial charge is 0.491 e. The Morgan fingerprint density at radius 3 is 2.35 bits per heavy atom. The van der Waals surface area contributed by atoms with E-state index in [-0.39, 0.29) is 11.0 Å². The molecule has 0 saturated heterocycles. The maximum Gasteiger partial charge on any atom is 0.491 e. The molecule has 0 fully saturated rings. The number of hydrogen-bond donors (Lipinski definition) is 2. The monoisotopic (exact) mass is 240 g/mol. The van der Waals surface area contributed by atoms with Crippen LogP contribution in [0.25, 0.3) is 0 Å². The average molecular weight is 240 g/mol. The van der Waals surface area contributed by atoms with Gasteiger partial charge in [-0.1, -0.05) is 6.07 Å². The Bertz CT molecular complexity index is 426. The molecule has 0 amide bonds. The van der Waals surface area contributed by atoms with E-state index in [2.05, 4.69) is 0 Å². The van der Waals surface area contributed by atoms with Gasteiger partial charge in [0.1, 0.15) is 11.4 Å². The quantitative estimate of drug-likeness (QED) is 0.582. The van der Waals surface area contributed by atoms with E-state index in [1.165, 1.54) is 6.07 Å². The molecule has 0 atom stereocenters. The van der Waals surface area contributed by atoms with Crippen LogP contribution in [0.2, 0.25) is 0 Å². The molecule has 0 saturated carbocycles. The van der Waals surface area contributed by atoms with Crippen LogP contribution in [0.3, 0.4) is 0 Å². The summed E-state index contributed by atoms with van der Waals surface area (Å²) in [5.41, 5.74) is -0.915. The van der Waals surface area contributed by atoms with Crippen LogP contribution in [0.5, 0.6) is 0 Å². The highest BCUT2D eigenvalue weighted by molar-refractivity contribution is 6.58. The Kier molecular flexibility index (Phi) is 3.90. The van der Waals surface area contributed by atoms with Crippen LogP contribution < -0.4 is 5.46 Å². The number of carbonyl (C=O) groups excluding carboxylic acids is 1. The third kappa shape index (κ3) is 3.83. The lowest BCUT2D eigenvalue weighted by Crippen LogP contribution is -2.33. The molecule has 2 N–H and O–H groups in total. The van der Waals surface area contributed by atoms with Crippen molar-refractivity contribution in [2.75, 3.05) is 0 Å². The summed E-state index contributed by atoms with van der Waals surface area (Å²) in [6.45, 7) is 5.10. The van der Waals surface area contributed by atoms with E-state index in [0.29, 0.717) is 0 Å².